The van der Waals surface area contributed by atoms with Crippen molar-refractivity contribution >= 4 is 5.91 Å². The Labute approximate surface area is 163 Å². The van der Waals surface area contributed by atoms with Crippen molar-refractivity contribution in [2.24, 2.45) is 0 Å². The van der Waals surface area contributed by atoms with Crippen LogP contribution in [-0.2, 0) is 6.54 Å². The molecule has 28 heavy (non-hydrogen) atoms. The first-order valence-corrected chi connectivity index (χ1v) is 9.06. The summed E-state index contributed by atoms with van der Waals surface area (Å²) in [5.74, 6) is 1.46. The molecule has 2 aromatic carbocycles. The molecular formula is C21H22N4O3. The van der Waals surface area contributed by atoms with E-state index in [2.05, 4.69) is 15.7 Å². The van der Waals surface area contributed by atoms with Gasteiger partial charge < -0.3 is 14.8 Å². The van der Waals surface area contributed by atoms with Crippen LogP contribution >= 0.6 is 0 Å². The van der Waals surface area contributed by atoms with Crippen molar-refractivity contribution in [2.45, 2.75) is 12.7 Å². The maximum absolute atomic E-state index is 12.3. The van der Waals surface area contributed by atoms with Crippen LogP contribution in [-0.4, -0.2) is 36.5 Å². The third-order valence-corrected chi connectivity index (χ3v) is 4.79. The highest BCUT2D eigenvalue weighted by molar-refractivity contribution is 5.94. The first kappa shape index (κ1) is 18.1. The van der Waals surface area contributed by atoms with E-state index in [1.165, 1.54) is 0 Å². The number of rotatable bonds is 6. The molecule has 0 aliphatic carbocycles. The summed E-state index contributed by atoms with van der Waals surface area (Å²) in [6.45, 7) is 1.12. The Bertz CT molecular complexity index is 982. The Morgan fingerprint density at radius 1 is 1.11 bits per heavy atom. The summed E-state index contributed by atoms with van der Waals surface area (Å²) in [6.07, 6.45) is -0.130. The van der Waals surface area contributed by atoms with Crippen molar-refractivity contribution in [1.29, 1.82) is 0 Å². The van der Waals surface area contributed by atoms with Gasteiger partial charge in [0.2, 0.25) is 0 Å². The van der Waals surface area contributed by atoms with Gasteiger partial charge in [0.25, 0.3) is 5.91 Å². The largest absolute Gasteiger partial charge is 0.497 e. The number of amides is 1. The lowest BCUT2D eigenvalue weighted by Gasteiger charge is -2.25. The van der Waals surface area contributed by atoms with Gasteiger partial charge in [0.05, 0.1) is 26.5 Å². The Kier molecular flexibility index (Phi) is 4.99. The van der Waals surface area contributed by atoms with Crippen LogP contribution < -0.4 is 20.1 Å². The lowest BCUT2D eigenvalue weighted by atomic mass is 10.1. The minimum Gasteiger partial charge on any atom is -0.497 e. The summed E-state index contributed by atoms with van der Waals surface area (Å²) in [5.41, 5.74) is 3.31. The van der Waals surface area contributed by atoms with Crippen molar-refractivity contribution in [3.63, 3.8) is 0 Å². The second kappa shape index (κ2) is 7.74. The van der Waals surface area contributed by atoms with E-state index in [9.17, 15) is 4.79 Å². The number of aromatic nitrogens is 2. The van der Waals surface area contributed by atoms with Gasteiger partial charge in [-0.3, -0.25) is 10.1 Å². The molecule has 2 heterocycles. The number of hydrogen-bond donors (Lipinski definition) is 2. The van der Waals surface area contributed by atoms with Crippen LogP contribution in [0.1, 0.15) is 22.2 Å². The van der Waals surface area contributed by atoms with E-state index in [-0.39, 0.29) is 12.1 Å². The van der Waals surface area contributed by atoms with Gasteiger partial charge in [0, 0.05) is 12.1 Å². The second-order valence-corrected chi connectivity index (χ2v) is 6.55. The molecule has 7 nitrogen and oxygen atoms in total. The molecule has 144 valence electrons. The third kappa shape index (κ3) is 3.57. The first-order chi connectivity index (χ1) is 13.7. The van der Waals surface area contributed by atoms with Crippen LogP contribution in [0, 0.1) is 0 Å². The lowest BCUT2D eigenvalue weighted by Crippen LogP contribution is -2.45. The monoisotopic (exact) mass is 378 g/mol. The van der Waals surface area contributed by atoms with Crippen LogP contribution in [0.3, 0.4) is 0 Å². The van der Waals surface area contributed by atoms with Gasteiger partial charge in [-0.25, -0.2) is 4.68 Å². The van der Waals surface area contributed by atoms with Crippen molar-refractivity contribution in [3.05, 3.63) is 65.9 Å². The first-order valence-electron chi connectivity index (χ1n) is 9.06. The zero-order chi connectivity index (χ0) is 19.5. The quantitative estimate of drug-likeness (QED) is 0.689. The molecule has 1 atom stereocenters. The van der Waals surface area contributed by atoms with Crippen LogP contribution in [0.25, 0.3) is 11.3 Å². The number of nitrogens with zero attached hydrogens (tertiary/aromatic N) is 2. The number of fused-ring (bicyclic) bond motifs is 1. The van der Waals surface area contributed by atoms with E-state index in [1.54, 1.807) is 18.9 Å². The zero-order valence-electron chi connectivity index (χ0n) is 15.8. The van der Waals surface area contributed by atoms with E-state index in [0.717, 1.165) is 28.3 Å². The molecular weight excluding hydrogens is 356 g/mol. The number of carbonyl (C=O) groups excluding carboxylic acids is 1. The summed E-state index contributed by atoms with van der Waals surface area (Å²) in [4.78, 5) is 12.3. The summed E-state index contributed by atoms with van der Waals surface area (Å²) < 4.78 is 12.2. The van der Waals surface area contributed by atoms with Crippen molar-refractivity contribution in [3.8, 4) is 22.8 Å². The molecule has 0 unspecified atom stereocenters. The van der Waals surface area contributed by atoms with Crippen LogP contribution in [0.15, 0.2) is 54.6 Å². The molecule has 0 spiro atoms. The number of ether oxygens (including phenoxy) is 2. The number of methoxy groups -OCH3 is 2. The van der Waals surface area contributed by atoms with Crippen LogP contribution in [0.2, 0.25) is 0 Å². The van der Waals surface area contributed by atoms with Gasteiger partial charge in [-0.2, -0.15) is 5.10 Å². The standard InChI is InChI=1S/C21H22N4O3/c1-27-16-8-6-14(7-9-16)12-22-20-13-23-21(26)19-11-18(24-25(19)20)15-4-3-5-17(10-15)28-2/h3-11,20,22H,12-13H2,1-2H3,(H,23,26)/t20-/m0/s1. The highest BCUT2D eigenvalue weighted by Gasteiger charge is 2.27. The minimum atomic E-state index is -0.130. The van der Waals surface area contributed by atoms with Crippen molar-refractivity contribution in [2.75, 3.05) is 20.8 Å². The third-order valence-electron chi connectivity index (χ3n) is 4.79. The normalized spacial score (nSPS) is 15.6. The fourth-order valence-corrected chi connectivity index (χ4v) is 3.23. The van der Waals surface area contributed by atoms with Crippen LogP contribution in [0.5, 0.6) is 11.5 Å². The second-order valence-electron chi connectivity index (χ2n) is 6.55. The Hall–Kier alpha value is -3.32. The van der Waals surface area contributed by atoms with E-state index < -0.39 is 0 Å². The van der Waals surface area contributed by atoms with Crippen molar-refractivity contribution in [1.82, 2.24) is 20.4 Å². The van der Waals surface area contributed by atoms with Crippen molar-refractivity contribution < 1.29 is 14.3 Å². The SMILES string of the molecule is COc1ccc(CN[C@@H]2CNC(=O)c3cc(-c4cccc(OC)c4)nn32)cc1. The number of nitrogens with one attached hydrogen (secondary N) is 2. The molecule has 1 aliphatic heterocycles. The summed E-state index contributed by atoms with van der Waals surface area (Å²) in [7, 11) is 3.28. The molecule has 0 saturated carbocycles. The topological polar surface area (TPSA) is 77.4 Å². The number of carbonyl (C=O) groups is 1. The summed E-state index contributed by atoms with van der Waals surface area (Å²) in [6, 6.07) is 17.3. The molecule has 0 bridgehead atoms. The molecule has 0 saturated heterocycles. The number of benzene rings is 2. The fourth-order valence-electron chi connectivity index (χ4n) is 3.23. The average Bonchev–Trinajstić information content (AvgIpc) is 3.20. The molecule has 1 aliphatic rings. The molecule has 1 aromatic heterocycles. The van der Waals surface area contributed by atoms with Gasteiger partial charge in [0.15, 0.2) is 0 Å². The van der Waals surface area contributed by atoms with Gasteiger partial charge in [0.1, 0.15) is 23.4 Å². The molecule has 2 N–H and O–H groups in total. The van der Waals surface area contributed by atoms with Gasteiger partial charge in [-0.15, -0.1) is 0 Å². The smallest absolute Gasteiger partial charge is 0.269 e. The van der Waals surface area contributed by atoms with E-state index in [0.29, 0.717) is 18.8 Å². The summed E-state index contributed by atoms with van der Waals surface area (Å²) >= 11 is 0. The predicted octanol–water partition coefficient (Wildman–Crippen LogP) is 2.60. The van der Waals surface area contributed by atoms with E-state index in [1.807, 2.05) is 54.6 Å². The van der Waals surface area contributed by atoms with Gasteiger partial charge in [-0.1, -0.05) is 24.3 Å². The number of hydrogen-bond acceptors (Lipinski definition) is 5. The predicted molar refractivity (Wildman–Crippen MR) is 105 cm³/mol. The molecule has 7 heteroatoms. The summed E-state index contributed by atoms with van der Waals surface area (Å²) in [5, 5.41) is 11.1. The molecule has 0 fully saturated rings. The van der Waals surface area contributed by atoms with E-state index in [4.69, 9.17) is 9.47 Å². The molecule has 1 amide bonds. The maximum Gasteiger partial charge on any atom is 0.269 e. The minimum absolute atomic E-state index is 0.121. The van der Waals surface area contributed by atoms with Gasteiger partial charge in [-0.05, 0) is 35.9 Å². The lowest BCUT2D eigenvalue weighted by molar-refractivity contribution is 0.0900. The maximum atomic E-state index is 12.3. The average molecular weight is 378 g/mol. The molecule has 0 radical (unpaired) electrons. The Balaban J connectivity index is 1.56. The zero-order valence-corrected chi connectivity index (χ0v) is 15.8. The van der Waals surface area contributed by atoms with Crippen LogP contribution in [0.4, 0.5) is 0 Å². The van der Waals surface area contributed by atoms with Gasteiger partial charge >= 0.3 is 0 Å². The molecule has 4 rings (SSSR count). The Morgan fingerprint density at radius 3 is 2.64 bits per heavy atom. The highest BCUT2D eigenvalue weighted by atomic mass is 16.5. The van der Waals surface area contributed by atoms with E-state index >= 15 is 0 Å². The Morgan fingerprint density at radius 2 is 1.89 bits per heavy atom. The fraction of sp³-hybridized carbons (Fsp3) is 0.238. The molecule has 3 aromatic rings. The highest BCUT2D eigenvalue weighted by Crippen LogP contribution is 2.26.